The number of piperidine rings is 1. The van der Waals surface area contributed by atoms with Gasteiger partial charge in [0.15, 0.2) is 0 Å². The molecule has 32 heavy (non-hydrogen) atoms. The van der Waals surface area contributed by atoms with E-state index in [4.69, 9.17) is 9.72 Å². The van der Waals surface area contributed by atoms with E-state index in [1.165, 1.54) is 0 Å². The fourth-order valence-corrected chi connectivity index (χ4v) is 4.20. The molecule has 6 heteroatoms. The Kier molecular flexibility index (Phi) is 5.50. The number of aryl methyl sites for hydroxylation is 1. The Bertz CT molecular complexity index is 1240. The number of hydrogen-bond acceptors (Lipinski definition) is 5. The van der Waals surface area contributed by atoms with Gasteiger partial charge in [-0.15, -0.1) is 0 Å². The van der Waals surface area contributed by atoms with Gasteiger partial charge in [-0.25, -0.2) is 4.98 Å². The van der Waals surface area contributed by atoms with Gasteiger partial charge in [0, 0.05) is 55.5 Å². The Morgan fingerprint density at radius 2 is 1.81 bits per heavy atom. The van der Waals surface area contributed by atoms with Crippen molar-refractivity contribution in [1.82, 2.24) is 19.9 Å². The van der Waals surface area contributed by atoms with Crippen molar-refractivity contribution in [1.29, 1.82) is 0 Å². The van der Waals surface area contributed by atoms with Crippen molar-refractivity contribution >= 4 is 16.8 Å². The van der Waals surface area contributed by atoms with Gasteiger partial charge in [-0.05, 0) is 42.8 Å². The van der Waals surface area contributed by atoms with Crippen LogP contribution in [0.1, 0.15) is 28.8 Å². The average Bonchev–Trinajstić information content (AvgIpc) is 2.85. The minimum atomic E-state index is 0.0399. The topological polar surface area (TPSA) is 68.2 Å². The zero-order valence-electron chi connectivity index (χ0n) is 17.9. The van der Waals surface area contributed by atoms with Crippen molar-refractivity contribution in [2.45, 2.75) is 25.9 Å². The van der Waals surface area contributed by atoms with Gasteiger partial charge >= 0.3 is 0 Å². The summed E-state index contributed by atoms with van der Waals surface area (Å²) in [5, 5.41) is 0.890. The molecule has 1 aliphatic heterocycles. The number of carbonyl (C=O) groups excluding carboxylic acids is 1. The fourth-order valence-electron chi connectivity index (χ4n) is 4.20. The van der Waals surface area contributed by atoms with Crippen LogP contribution in [0.4, 0.5) is 0 Å². The number of pyridine rings is 3. The summed E-state index contributed by atoms with van der Waals surface area (Å²) >= 11 is 0. The van der Waals surface area contributed by atoms with Crippen LogP contribution >= 0.6 is 0 Å². The highest BCUT2D eigenvalue weighted by Gasteiger charge is 2.26. The number of benzene rings is 1. The smallest absolute Gasteiger partial charge is 0.254 e. The minimum absolute atomic E-state index is 0.0399. The molecule has 4 aromatic rings. The largest absolute Gasteiger partial charge is 0.489 e. The van der Waals surface area contributed by atoms with E-state index in [0.717, 1.165) is 46.3 Å². The Morgan fingerprint density at radius 3 is 2.56 bits per heavy atom. The summed E-state index contributed by atoms with van der Waals surface area (Å²) in [6.45, 7) is 3.34. The van der Waals surface area contributed by atoms with Gasteiger partial charge < -0.3 is 9.64 Å². The van der Waals surface area contributed by atoms with Crippen molar-refractivity contribution in [3.8, 4) is 17.0 Å². The monoisotopic (exact) mass is 424 g/mol. The lowest BCUT2D eigenvalue weighted by Gasteiger charge is -2.32. The summed E-state index contributed by atoms with van der Waals surface area (Å²) < 4.78 is 6.04. The van der Waals surface area contributed by atoms with E-state index in [1.807, 2.05) is 60.4 Å². The molecule has 1 aromatic carbocycles. The lowest BCUT2D eigenvalue weighted by atomic mass is 10.00. The molecule has 0 atom stereocenters. The third kappa shape index (κ3) is 4.04. The van der Waals surface area contributed by atoms with E-state index >= 15 is 0 Å². The first-order valence-electron chi connectivity index (χ1n) is 10.9. The lowest BCUT2D eigenvalue weighted by molar-refractivity contribution is 0.0596. The van der Waals surface area contributed by atoms with Gasteiger partial charge in [-0.2, -0.15) is 0 Å². The predicted molar refractivity (Wildman–Crippen MR) is 124 cm³/mol. The quantitative estimate of drug-likeness (QED) is 0.476. The molecule has 160 valence electrons. The van der Waals surface area contributed by atoms with Crippen LogP contribution in [0.2, 0.25) is 0 Å². The first-order chi connectivity index (χ1) is 15.7. The van der Waals surface area contributed by atoms with Gasteiger partial charge in [0.2, 0.25) is 0 Å². The van der Waals surface area contributed by atoms with Crippen LogP contribution < -0.4 is 4.74 Å². The molecule has 0 unspecified atom stereocenters. The molecule has 0 bridgehead atoms. The fraction of sp³-hybridized carbons (Fsp3) is 0.231. The molecule has 5 rings (SSSR count). The van der Waals surface area contributed by atoms with Crippen LogP contribution in [0.15, 0.2) is 73.3 Å². The summed E-state index contributed by atoms with van der Waals surface area (Å²) in [7, 11) is 0. The third-order valence-electron chi connectivity index (χ3n) is 5.91. The van der Waals surface area contributed by atoms with E-state index in [9.17, 15) is 4.79 Å². The van der Waals surface area contributed by atoms with Gasteiger partial charge in [0.25, 0.3) is 5.91 Å². The van der Waals surface area contributed by atoms with E-state index in [0.29, 0.717) is 18.7 Å². The normalized spacial score (nSPS) is 14.5. The number of rotatable bonds is 4. The zero-order chi connectivity index (χ0) is 21.9. The predicted octanol–water partition coefficient (Wildman–Crippen LogP) is 4.68. The van der Waals surface area contributed by atoms with Crippen molar-refractivity contribution in [3.05, 3.63) is 84.4 Å². The molecule has 4 heterocycles. The van der Waals surface area contributed by atoms with E-state index in [2.05, 4.69) is 9.97 Å². The number of aromatic nitrogens is 3. The molecule has 6 nitrogen and oxygen atoms in total. The maximum atomic E-state index is 13.6. The number of nitrogens with zero attached hydrogens (tertiary/aromatic N) is 4. The van der Waals surface area contributed by atoms with E-state index in [1.54, 1.807) is 24.8 Å². The SMILES string of the molecule is Cc1cccc2c(C(=O)N3CCC(Oc4cccnc4)CC3)cc(-c3ccncc3)nc12. The highest BCUT2D eigenvalue weighted by Crippen LogP contribution is 2.28. The number of likely N-dealkylation sites (tertiary alicyclic amines) is 1. The summed E-state index contributed by atoms with van der Waals surface area (Å²) in [6, 6.07) is 15.5. The Hall–Kier alpha value is -3.80. The molecule has 1 saturated heterocycles. The minimum Gasteiger partial charge on any atom is -0.489 e. The molecular weight excluding hydrogens is 400 g/mol. The maximum absolute atomic E-state index is 13.6. The van der Waals surface area contributed by atoms with Gasteiger partial charge in [-0.3, -0.25) is 14.8 Å². The highest BCUT2D eigenvalue weighted by molar-refractivity contribution is 6.07. The molecule has 1 aliphatic rings. The Balaban J connectivity index is 1.41. The molecule has 0 spiro atoms. The lowest BCUT2D eigenvalue weighted by Crippen LogP contribution is -2.41. The first-order valence-corrected chi connectivity index (χ1v) is 10.9. The van der Waals surface area contributed by atoms with Crippen molar-refractivity contribution in [2.24, 2.45) is 0 Å². The second kappa shape index (κ2) is 8.75. The number of para-hydroxylation sites is 1. The van der Waals surface area contributed by atoms with Crippen molar-refractivity contribution in [2.75, 3.05) is 13.1 Å². The maximum Gasteiger partial charge on any atom is 0.254 e. The summed E-state index contributed by atoms with van der Waals surface area (Å²) in [6.07, 6.45) is 8.62. The van der Waals surface area contributed by atoms with Crippen LogP contribution in [0, 0.1) is 6.92 Å². The van der Waals surface area contributed by atoms with Gasteiger partial charge in [0.1, 0.15) is 11.9 Å². The Labute approximate surface area is 186 Å². The zero-order valence-corrected chi connectivity index (χ0v) is 17.9. The molecule has 1 amide bonds. The molecule has 0 radical (unpaired) electrons. The second-order valence-corrected chi connectivity index (χ2v) is 8.06. The Morgan fingerprint density at radius 1 is 1.00 bits per heavy atom. The van der Waals surface area contributed by atoms with Crippen LogP contribution in [-0.4, -0.2) is 45.0 Å². The molecular formula is C26H24N4O2. The van der Waals surface area contributed by atoms with Gasteiger partial charge in [-0.1, -0.05) is 18.2 Å². The second-order valence-electron chi connectivity index (χ2n) is 8.06. The average molecular weight is 425 g/mol. The van der Waals surface area contributed by atoms with Crippen LogP contribution in [0.25, 0.3) is 22.2 Å². The summed E-state index contributed by atoms with van der Waals surface area (Å²) in [4.78, 5) is 28.6. The van der Waals surface area contributed by atoms with E-state index in [-0.39, 0.29) is 12.0 Å². The number of ether oxygens (including phenoxy) is 1. The third-order valence-corrected chi connectivity index (χ3v) is 5.91. The number of carbonyl (C=O) groups is 1. The summed E-state index contributed by atoms with van der Waals surface area (Å²) in [5.74, 6) is 0.813. The summed E-state index contributed by atoms with van der Waals surface area (Å²) in [5.41, 5.74) is 4.34. The van der Waals surface area contributed by atoms with Crippen LogP contribution in [-0.2, 0) is 0 Å². The van der Waals surface area contributed by atoms with Crippen molar-refractivity contribution in [3.63, 3.8) is 0 Å². The first kappa shape index (κ1) is 20.1. The molecule has 0 aliphatic carbocycles. The number of fused-ring (bicyclic) bond motifs is 1. The highest BCUT2D eigenvalue weighted by atomic mass is 16.5. The van der Waals surface area contributed by atoms with Gasteiger partial charge in [0.05, 0.1) is 23.0 Å². The molecule has 1 fully saturated rings. The molecule has 0 N–H and O–H groups in total. The standard InChI is InChI=1S/C26H24N4O2/c1-18-4-2-6-22-23(16-24(29-25(18)22)19-7-12-27-13-8-19)26(31)30-14-9-20(10-15-30)32-21-5-3-11-28-17-21/h2-8,11-13,16-17,20H,9-10,14-15H2,1H3. The molecule has 3 aromatic heterocycles. The number of amides is 1. The number of hydrogen-bond donors (Lipinski definition) is 0. The van der Waals surface area contributed by atoms with E-state index < -0.39 is 0 Å². The van der Waals surface area contributed by atoms with Crippen molar-refractivity contribution < 1.29 is 9.53 Å². The van der Waals surface area contributed by atoms with Crippen LogP contribution in [0.3, 0.4) is 0 Å². The molecule has 0 saturated carbocycles. The van der Waals surface area contributed by atoms with Crippen LogP contribution in [0.5, 0.6) is 5.75 Å².